The molecule has 0 aliphatic rings. The number of esters is 1. The molecule has 160 valence electrons. The molecule has 1 atom stereocenters. The van der Waals surface area contributed by atoms with E-state index in [2.05, 4.69) is 5.32 Å². The minimum absolute atomic E-state index is 0.0178. The number of amides is 1. The minimum atomic E-state index is -0.455. The number of hydrogen-bond acceptors (Lipinski definition) is 4. The maximum atomic E-state index is 12.7. The molecule has 0 spiro atoms. The van der Waals surface area contributed by atoms with Crippen molar-refractivity contribution in [2.75, 3.05) is 5.32 Å². The summed E-state index contributed by atoms with van der Waals surface area (Å²) in [5.41, 5.74) is 2.57. The number of nitrogens with zero attached hydrogens (tertiary/aromatic N) is 2. The first kappa shape index (κ1) is 22.0. The Morgan fingerprint density at radius 2 is 1.55 bits per heavy atom. The van der Waals surface area contributed by atoms with Crippen molar-refractivity contribution in [1.29, 1.82) is 0 Å². The van der Waals surface area contributed by atoms with E-state index in [0.29, 0.717) is 16.8 Å². The van der Waals surface area contributed by atoms with Gasteiger partial charge in [0.05, 0.1) is 11.7 Å². The first-order chi connectivity index (χ1) is 14.7. The molecule has 0 aliphatic carbocycles. The van der Waals surface area contributed by atoms with Crippen molar-refractivity contribution < 1.29 is 23.7 Å². The van der Waals surface area contributed by atoms with E-state index in [1.54, 1.807) is 61.7 Å². The molecule has 1 N–H and O–H groups in total. The normalized spacial score (nSPS) is 11.8. The number of nitrogens with one attached hydrogen (secondary N) is 1. The summed E-state index contributed by atoms with van der Waals surface area (Å²) in [4.78, 5) is 36.0. The number of aromatic nitrogens is 2. The SMILES string of the molecule is CC(=O)c1ccc(-n2cc[n+](C(C)C(=O)Nc3ccc(C(=O)OC(C)C)cc3)c2)cc1. The summed E-state index contributed by atoms with van der Waals surface area (Å²) in [6.45, 7) is 6.91. The molecule has 0 radical (unpaired) electrons. The Labute approximate surface area is 181 Å². The van der Waals surface area contributed by atoms with Gasteiger partial charge in [0, 0.05) is 11.3 Å². The lowest BCUT2D eigenvalue weighted by molar-refractivity contribution is -0.704. The van der Waals surface area contributed by atoms with E-state index in [-0.39, 0.29) is 17.8 Å². The number of hydrogen-bond donors (Lipinski definition) is 1. The van der Waals surface area contributed by atoms with Gasteiger partial charge < -0.3 is 10.1 Å². The van der Waals surface area contributed by atoms with Crippen molar-refractivity contribution in [2.45, 2.75) is 39.8 Å². The van der Waals surface area contributed by atoms with Crippen LogP contribution in [0.1, 0.15) is 54.5 Å². The Balaban J connectivity index is 1.65. The molecular weight excluding hydrogens is 394 g/mol. The van der Waals surface area contributed by atoms with E-state index >= 15 is 0 Å². The lowest BCUT2D eigenvalue weighted by atomic mass is 10.1. The molecular formula is C24H26N3O4+. The molecule has 3 aromatic rings. The van der Waals surface area contributed by atoms with Gasteiger partial charge in [0.2, 0.25) is 6.33 Å². The third-order valence-electron chi connectivity index (χ3n) is 4.79. The Bertz CT molecular complexity index is 1080. The number of anilines is 1. The number of rotatable bonds is 7. The first-order valence-corrected chi connectivity index (χ1v) is 10.1. The zero-order valence-corrected chi connectivity index (χ0v) is 18.0. The summed E-state index contributed by atoms with van der Waals surface area (Å²) < 4.78 is 8.83. The van der Waals surface area contributed by atoms with Gasteiger partial charge in [-0.25, -0.2) is 13.9 Å². The van der Waals surface area contributed by atoms with Crippen LogP contribution in [0, 0.1) is 0 Å². The molecule has 0 aliphatic heterocycles. The van der Waals surface area contributed by atoms with Gasteiger partial charge in [-0.3, -0.25) is 9.59 Å². The summed E-state index contributed by atoms with van der Waals surface area (Å²) in [7, 11) is 0. The van der Waals surface area contributed by atoms with Crippen molar-refractivity contribution >= 4 is 23.3 Å². The zero-order valence-electron chi connectivity index (χ0n) is 18.0. The van der Waals surface area contributed by atoms with Crippen LogP contribution in [-0.4, -0.2) is 28.3 Å². The number of carbonyl (C=O) groups excluding carboxylic acids is 3. The largest absolute Gasteiger partial charge is 0.459 e. The summed E-state index contributed by atoms with van der Waals surface area (Å²) in [5.74, 6) is -0.564. The quantitative estimate of drug-likeness (QED) is 0.359. The lowest BCUT2D eigenvalue weighted by Crippen LogP contribution is -2.43. The molecule has 2 aromatic carbocycles. The van der Waals surface area contributed by atoms with Gasteiger partial charge in [0.1, 0.15) is 18.1 Å². The van der Waals surface area contributed by atoms with Crippen molar-refractivity contribution in [3.63, 3.8) is 0 Å². The van der Waals surface area contributed by atoms with Crippen molar-refractivity contribution in [3.05, 3.63) is 78.4 Å². The third-order valence-corrected chi connectivity index (χ3v) is 4.79. The summed E-state index contributed by atoms with van der Waals surface area (Å²) in [5, 5.41) is 2.86. The highest BCUT2D eigenvalue weighted by Crippen LogP contribution is 2.14. The average Bonchev–Trinajstić information content (AvgIpc) is 3.23. The molecule has 0 saturated heterocycles. The van der Waals surface area contributed by atoms with Gasteiger partial charge in [-0.1, -0.05) is 0 Å². The van der Waals surface area contributed by atoms with E-state index in [1.807, 2.05) is 35.4 Å². The monoisotopic (exact) mass is 420 g/mol. The average molecular weight is 420 g/mol. The highest BCUT2D eigenvalue weighted by molar-refractivity contribution is 5.94. The maximum absolute atomic E-state index is 12.7. The molecule has 31 heavy (non-hydrogen) atoms. The Kier molecular flexibility index (Phi) is 6.65. The minimum Gasteiger partial charge on any atom is -0.459 e. The standard InChI is InChI=1S/C24H25N3O4/c1-16(2)31-24(30)20-5-9-21(10-6-20)25-23(29)17(3)26-13-14-27(15-26)22-11-7-19(8-12-22)18(4)28/h5-17H,1-4H3/p+1. The van der Waals surface area contributed by atoms with Crippen molar-refractivity contribution in [1.82, 2.24) is 4.57 Å². The zero-order chi connectivity index (χ0) is 22.5. The van der Waals surface area contributed by atoms with E-state index in [0.717, 1.165) is 5.69 Å². The van der Waals surface area contributed by atoms with Crippen molar-refractivity contribution in [3.8, 4) is 5.69 Å². The second-order valence-electron chi connectivity index (χ2n) is 7.57. The van der Waals surface area contributed by atoms with Gasteiger partial charge in [0.25, 0.3) is 5.91 Å². The molecule has 3 rings (SSSR count). The van der Waals surface area contributed by atoms with Crippen LogP contribution in [0.25, 0.3) is 5.69 Å². The molecule has 7 heteroatoms. The van der Waals surface area contributed by atoms with Crippen LogP contribution in [0.15, 0.2) is 67.3 Å². The van der Waals surface area contributed by atoms with Crippen molar-refractivity contribution in [2.24, 2.45) is 0 Å². The molecule has 0 fully saturated rings. The molecule has 1 aromatic heterocycles. The van der Waals surface area contributed by atoms with E-state index in [4.69, 9.17) is 4.74 Å². The van der Waals surface area contributed by atoms with Crippen LogP contribution in [0.5, 0.6) is 0 Å². The van der Waals surface area contributed by atoms with Gasteiger partial charge in [-0.15, -0.1) is 0 Å². The number of imidazole rings is 1. The van der Waals surface area contributed by atoms with E-state index in [9.17, 15) is 14.4 Å². The molecule has 1 heterocycles. The van der Waals surface area contributed by atoms with Crippen LogP contribution in [0.2, 0.25) is 0 Å². The van der Waals surface area contributed by atoms with Crippen LogP contribution < -0.4 is 9.88 Å². The van der Waals surface area contributed by atoms with Gasteiger partial charge >= 0.3 is 5.97 Å². The smallest absolute Gasteiger partial charge is 0.338 e. The van der Waals surface area contributed by atoms with E-state index < -0.39 is 12.0 Å². The molecule has 1 unspecified atom stereocenters. The maximum Gasteiger partial charge on any atom is 0.338 e. The van der Waals surface area contributed by atoms with Gasteiger partial charge in [0.15, 0.2) is 11.8 Å². The summed E-state index contributed by atoms with van der Waals surface area (Å²) in [6, 6.07) is 13.4. The highest BCUT2D eigenvalue weighted by Gasteiger charge is 2.21. The number of ether oxygens (including phenoxy) is 1. The third kappa shape index (κ3) is 5.45. The van der Waals surface area contributed by atoms with Gasteiger partial charge in [-0.2, -0.15) is 0 Å². The first-order valence-electron chi connectivity index (χ1n) is 10.1. The Morgan fingerprint density at radius 1 is 0.935 bits per heavy atom. The second-order valence-corrected chi connectivity index (χ2v) is 7.57. The number of ketones is 1. The fraction of sp³-hybridized carbons (Fsp3) is 0.250. The second kappa shape index (κ2) is 9.38. The molecule has 7 nitrogen and oxygen atoms in total. The Morgan fingerprint density at radius 3 is 2.13 bits per heavy atom. The topological polar surface area (TPSA) is 81.3 Å². The molecule has 0 bridgehead atoms. The number of carbonyl (C=O) groups is 3. The van der Waals surface area contributed by atoms with Crippen LogP contribution >= 0.6 is 0 Å². The summed E-state index contributed by atoms with van der Waals surface area (Å²) >= 11 is 0. The highest BCUT2D eigenvalue weighted by atomic mass is 16.5. The predicted octanol–water partition coefficient (Wildman–Crippen LogP) is 3.73. The number of Topliss-reactive ketones (excluding diaryl/α,β-unsaturated/α-hetero) is 1. The lowest BCUT2D eigenvalue weighted by Gasteiger charge is -2.11. The Hall–Kier alpha value is -3.74. The molecule has 1 amide bonds. The van der Waals surface area contributed by atoms with E-state index in [1.165, 1.54) is 6.92 Å². The summed E-state index contributed by atoms with van der Waals surface area (Å²) in [6.07, 6.45) is 5.29. The fourth-order valence-corrected chi connectivity index (χ4v) is 2.97. The number of benzene rings is 2. The predicted molar refractivity (Wildman–Crippen MR) is 116 cm³/mol. The van der Waals surface area contributed by atoms with Gasteiger partial charge in [-0.05, 0) is 76.2 Å². The van der Waals surface area contributed by atoms with Crippen LogP contribution in [-0.2, 0) is 9.53 Å². The van der Waals surface area contributed by atoms with Crippen LogP contribution in [0.3, 0.4) is 0 Å². The molecule has 0 saturated carbocycles. The van der Waals surface area contributed by atoms with Crippen LogP contribution in [0.4, 0.5) is 5.69 Å². The fourth-order valence-electron chi connectivity index (χ4n) is 2.97.